The van der Waals surface area contributed by atoms with Gasteiger partial charge in [-0.05, 0) is 31.6 Å². The average Bonchev–Trinajstić information content (AvgIpc) is 2.80. The number of nitrogens with zero attached hydrogens (tertiary/aromatic N) is 1. The number of likely N-dealkylation sites (tertiary alicyclic amines) is 1. The minimum absolute atomic E-state index is 0.0882. The Hall–Kier alpha value is -0.620. The molecule has 2 heterocycles. The Morgan fingerprint density at radius 3 is 2.44 bits per heavy atom. The summed E-state index contributed by atoms with van der Waals surface area (Å²) in [5.41, 5.74) is 0. The fraction of sp³-hybridized carbons (Fsp3) is 0.917. The van der Waals surface area contributed by atoms with Crippen LogP contribution in [0.2, 0.25) is 0 Å². The van der Waals surface area contributed by atoms with Crippen LogP contribution >= 0.6 is 0 Å². The van der Waals surface area contributed by atoms with Gasteiger partial charge in [0.1, 0.15) is 15.9 Å². The lowest BCUT2D eigenvalue weighted by Gasteiger charge is -2.33. The molecule has 1 atom stereocenters. The minimum Gasteiger partial charge on any atom is -0.368 e. The van der Waals surface area contributed by atoms with Gasteiger partial charge < -0.3 is 9.64 Å². The van der Waals surface area contributed by atoms with Crippen LogP contribution in [0.5, 0.6) is 0 Å². The largest absolute Gasteiger partial charge is 0.368 e. The van der Waals surface area contributed by atoms with Crippen LogP contribution in [-0.4, -0.2) is 57.0 Å². The third-order valence-electron chi connectivity index (χ3n) is 3.67. The molecule has 0 aliphatic carbocycles. The van der Waals surface area contributed by atoms with E-state index in [2.05, 4.69) is 0 Å². The molecular weight excluding hydrogens is 254 g/mol. The molecular formula is C12H21NO4S. The molecule has 0 N–H and O–H groups in total. The summed E-state index contributed by atoms with van der Waals surface area (Å²) in [6, 6.07) is 0. The fourth-order valence-electron chi connectivity index (χ4n) is 2.72. The molecule has 104 valence electrons. The van der Waals surface area contributed by atoms with Crippen molar-refractivity contribution in [1.82, 2.24) is 4.90 Å². The van der Waals surface area contributed by atoms with Gasteiger partial charge in [0, 0.05) is 26.0 Å². The van der Waals surface area contributed by atoms with E-state index in [1.54, 1.807) is 0 Å². The highest BCUT2D eigenvalue weighted by Gasteiger charge is 2.31. The summed E-state index contributed by atoms with van der Waals surface area (Å²) in [6.07, 6.45) is 4.37. The second-order valence-electron chi connectivity index (χ2n) is 5.36. The zero-order valence-corrected chi connectivity index (χ0v) is 11.6. The van der Waals surface area contributed by atoms with Crippen LogP contribution < -0.4 is 0 Å². The van der Waals surface area contributed by atoms with E-state index in [1.807, 2.05) is 4.90 Å². The lowest BCUT2D eigenvalue weighted by atomic mass is 9.98. The van der Waals surface area contributed by atoms with Crippen molar-refractivity contribution < 1.29 is 17.9 Å². The number of hydrogen-bond acceptors (Lipinski definition) is 4. The predicted molar refractivity (Wildman–Crippen MR) is 68.0 cm³/mol. The second-order valence-corrected chi connectivity index (χ2v) is 7.55. The van der Waals surface area contributed by atoms with Crippen LogP contribution in [0.3, 0.4) is 0 Å². The van der Waals surface area contributed by atoms with E-state index in [-0.39, 0.29) is 23.7 Å². The highest BCUT2D eigenvalue weighted by Crippen LogP contribution is 2.22. The van der Waals surface area contributed by atoms with Gasteiger partial charge in [0.05, 0.1) is 5.75 Å². The number of sulfone groups is 1. The van der Waals surface area contributed by atoms with Crippen molar-refractivity contribution in [2.24, 2.45) is 5.92 Å². The number of hydrogen-bond donors (Lipinski definition) is 0. The fourth-order valence-corrected chi connectivity index (χ4v) is 3.91. The summed E-state index contributed by atoms with van der Waals surface area (Å²) in [6.45, 7) is 2.01. The lowest BCUT2D eigenvalue weighted by molar-refractivity contribution is -0.142. The number of ether oxygens (including phenoxy) is 1. The van der Waals surface area contributed by atoms with Crippen LogP contribution in [0.1, 0.15) is 25.7 Å². The molecule has 18 heavy (non-hydrogen) atoms. The zero-order valence-electron chi connectivity index (χ0n) is 10.8. The first kappa shape index (κ1) is 13.8. The van der Waals surface area contributed by atoms with Gasteiger partial charge in [-0.15, -0.1) is 0 Å². The summed E-state index contributed by atoms with van der Waals surface area (Å²) >= 11 is 0. The van der Waals surface area contributed by atoms with E-state index < -0.39 is 9.84 Å². The van der Waals surface area contributed by atoms with E-state index in [0.717, 1.165) is 25.7 Å². The van der Waals surface area contributed by atoms with Gasteiger partial charge in [-0.25, -0.2) is 8.42 Å². The SMILES string of the molecule is CS(=O)(=O)CC1CCN(C(=O)C2CCCO2)CC1. The summed E-state index contributed by atoms with van der Waals surface area (Å²) < 4.78 is 27.8. The third-order valence-corrected chi connectivity index (χ3v) is 4.75. The summed E-state index contributed by atoms with van der Waals surface area (Å²) in [7, 11) is -2.91. The molecule has 2 aliphatic rings. The lowest BCUT2D eigenvalue weighted by Crippen LogP contribution is -2.44. The molecule has 2 saturated heterocycles. The first-order valence-corrected chi connectivity index (χ1v) is 8.60. The van der Waals surface area contributed by atoms with E-state index >= 15 is 0 Å². The van der Waals surface area contributed by atoms with Gasteiger partial charge in [0.25, 0.3) is 5.91 Å². The molecule has 0 saturated carbocycles. The summed E-state index contributed by atoms with van der Waals surface area (Å²) in [4.78, 5) is 13.9. The number of carbonyl (C=O) groups is 1. The van der Waals surface area contributed by atoms with Gasteiger partial charge in [-0.2, -0.15) is 0 Å². The van der Waals surface area contributed by atoms with Gasteiger partial charge in [-0.3, -0.25) is 4.79 Å². The maximum atomic E-state index is 12.1. The van der Waals surface area contributed by atoms with Gasteiger partial charge >= 0.3 is 0 Å². The van der Waals surface area contributed by atoms with Crippen LogP contribution in [0.25, 0.3) is 0 Å². The Kier molecular flexibility index (Phi) is 4.27. The monoisotopic (exact) mass is 275 g/mol. The Morgan fingerprint density at radius 2 is 1.94 bits per heavy atom. The number of rotatable bonds is 3. The van der Waals surface area contributed by atoms with E-state index in [9.17, 15) is 13.2 Å². The van der Waals surface area contributed by atoms with E-state index in [4.69, 9.17) is 4.74 Å². The number of carbonyl (C=O) groups excluding carboxylic acids is 1. The van der Waals surface area contributed by atoms with Gasteiger partial charge in [-0.1, -0.05) is 0 Å². The summed E-state index contributed by atoms with van der Waals surface area (Å²) in [5, 5.41) is 0. The Labute approximate surface area is 108 Å². The highest BCUT2D eigenvalue weighted by atomic mass is 32.2. The molecule has 2 aliphatic heterocycles. The second kappa shape index (κ2) is 5.57. The number of piperidine rings is 1. The van der Waals surface area contributed by atoms with Crippen molar-refractivity contribution in [1.29, 1.82) is 0 Å². The van der Waals surface area contributed by atoms with Crippen LogP contribution in [-0.2, 0) is 19.4 Å². The van der Waals surface area contributed by atoms with Crippen LogP contribution in [0.15, 0.2) is 0 Å². The molecule has 0 bridgehead atoms. The van der Waals surface area contributed by atoms with Gasteiger partial charge in [0.2, 0.25) is 0 Å². The molecule has 0 radical (unpaired) electrons. The molecule has 0 aromatic heterocycles. The van der Waals surface area contributed by atoms with Crippen molar-refractivity contribution in [3.05, 3.63) is 0 Å². The topological polar surface area (TPSA) is 63.7 Å². The highest BCUT2D eigenvalue weighted by molar-refractivity contribution is 7.90. The molecule has 1 unspecified atom stereocenters. The maximum absolute atomic E-state index is 12.1. The third kappa shape index (κ3) is 3.68. The normalized spacial score (nSPS) is 26.5. The smallest absolute Gasteiger partial charge is 0.251 e. The van der Waals surface area contributed by atoms with Crippen LogP contribution in [0.4, 0.5) is 0 Å². The molecule has 0 aromatic rings. The van der Waals surface area contributed by atoms with E-state index in [1.165, 1.54) is 6.26 Å². The molecule has 6 heteroatoms. The molecule has 5 nitrogen and oxygen atoms in total. The van der Waals surface area contributed by atoms with Crippen molar-refractivity contribution in [3.8, 4) is 0 Å². The average molecular weight is 275 g/mol. The Balaban J connectivity index is 1.81. The molecule has 1 amide bonds. The number of amides is 1. The maximum Gasteiger partial charge on any atom is 0.251 e. The predicted octanol–water partition coefficient (Wildman–Crippen LogP) is 0.449. The van der Waals surface area contributed by atoms with Crippen molar-refractivity contribution in [2.45, 2.75) is 31.8 Å². The van der Waals surface area contributed by atoms with Gasteiger partial charge in [0.15, 0.2) is 0 Å². The molecule has 2 rings (SSSR count). The standard InChI is InChI=1S/C12H21NO4S/c1-18(15,16)9-10-4-6-13(7-5-10)12(14)11-3-2-8-17-11/h10-11H,2-9H2,1H3. The zero-order chi connectivity index (χ0) is 13.2. The van der Waals surface area contributed by atoms with Crippen molar-refractivity contribution in [3.63, 3.8) is 0 Å². The van der Waals surface area contributed by atoms with Crippen molar-refractivity contribution >= 4 is 15.7 Å². The molecule has 2 fully saturated rings. The minimum atomic E-state index is -2.91. The quantitative estimate of drug-likeness (QED) is 0.750. The Morgan fingerprint density at radius 1 is 1.28 bits per heavy atom. The molecule has 0 aromatic carbocycles. The van der Waals surface area contributed by atoms with Crippen LogP contribution in [0, 0.1) is 5.92 Å². The Bertz CT molecular complexity index is 392. The summed E-state index contributed by atoms with van der Waals surface area (Å²) in [5.74, 6) is 0.536. The first-order chi connectivity index (χ1) is 8.46. The molecule has 0 spiro atoms. The van der Waals surface area contributed by atoms with Crippen molar-refractivity contribution in [2.75, 3.05) is 31.7 Å². The first-order valence-electron chi connectivity index (χ1n) is 6.54. The van der Waals surface area contributed by atoms with E-state index in [0.29, 0.717) is 19.7 Å².